The number of rotatable bonds is 9. The van der Waals surface area contributed by atoms with Gasteiger partial charge in [-0.05, 0) is 74.7 Å². The number of alkyl carbamates (subject to hydrolysis) is 1. The molecule has 2 unspecified atom stereocenters. The lowest BCUT2D eigenvalue weighted by atomic mass is 10.1. The van der Waals surface area contributed by atoms with E-state index in [4.69, 9.17) is 25.8 Å². The minimum Gasteiger partial charge on any atom is -0.493 e. The summed E-state index contributed by atoms with van der Waals surface area (Å²) in [4.78, 5) is 13.7. The molecule has 38 heavy (non-hydrogen) atoms. The number of ether oxygens (including phenoxy) is 3. The summed E-state index contributed by atoms with van der Waals surface area (Å²) in [7, 11) is 0. The lowest BCUT2D eigenvalue weighted by Gasteiger charge is -2.40. The van der Waals surface area contributed by atoms with Crippen molar-refractivity contribution in [2.24, 2.45) is 0 Å². The lowest BCUT2D eigenvalue weighted by Crippen LogP contribution is -2.49. The number of anilines is 1. The van der Waals surface area contributed by atoms with E-state index < -0.39 is 24.0 Å². The van der Waals surface area contributed by atoms with Gasteiger partial charge in [-0.2, -0.15) is 0 Å². The third-order valence-corrected chi connectivity index (χ3v) is 6.26. The molecule has 0 bridgehead atoms. The van der Waals surface area contributed by atoms with Crippen molar-refractivity contribution in [3.8, 4) is 11.5 Å². The number of halogens is 1. The Morgan fingerprint density at radius 1 is 1.05 bits per heavy atom. The lowest BCUT2D eigenvalue weighted by molar-refractivity contribution is 0.00938. The van der Waals surface area contributed by atoms with Crippen LogP contribution < -0.4 is 19.7 Å². The molecule has 202 valence electrons. The van der Waals surface area contributed by atoms with Gasteiger partial charge in [-0.25, -0.2) is 4.79 Å². The molecule has 2 atom stereocenters. The van der Waals surface area contributed by atoms with E-state index in [1.165, 1.54) is 0 Å². The average Bonchev–Trinajstić information content (AvgIpc) is 2.86. The minimum absolute atomic E-state index is 0.383. The van der Waals surface area contributed by atoms with E-state index in [0.29, 0.717) is 37.6 Å². The highest BCUT2D eigenvalue weighted by atomic mass is 35.5. The van der Waals surface area contributed by atoms with Crippen LogP contribution in [-0.4, -0.2) is 42.3 Å². The van der Waals surface area contributed by atoms with Gasteiger partial charge in [0.1, 0.15) is 23.2 Å². The molecule has 1 aliphatic rings. The fourth-order valence-electron chi connectivity index (χ4n) is 4.25. The topological polar surface area (TPSA) is 80.3 Å². The van der Waals surface area contributed by atoms with E-state index in [1.807, 2.05) is 98.5 Å². The highest BCUT2D eigenvalue weighted by molar-refractivity contribution is 6.30. The minimum atomic E-state index is -0.840. The van der Waals surface area contributed by atoms with Crippen molar-refractivity contribution in [2.45, 2.75) is 58.1 Å². The molecule has 3 aromatic carbocycles. The molecule has 8 heteroatoms. The van der Waals surface area contributed by atoms with Crippen molar-refractivity contribution in [3.05, 3.63) is 88.9 Å². The molecule has 0 radical (unpaired) electrons. The second kappa shape index (κ2) is 12.4. The molecular formula is C30H35ClN2O5. The third kappa shape index (κ3) is 7.79. The highest BCUT2D eigenvalue weighted by Crippen LogP contribution is 2.37. The van der Waals surface area contributed by atoms with E-state index in [-0.39, 0.29) is 0 Å². The van der Waals surface area contributed by atoms with E-state index in [0.717, 1.165) is 28.3 Å². The Bertz CT molecular complexity index is 1210. The maximum Gasteiger partial charge on any atom is 0.407 e. The van der Waals surface area contributed by atoms with Gasteiger partial charge in [0.2, 0.25) is 0 Å². The number of hydrogen-bond donors (Lipinski definition) is 2. The SMILES string of the molecule is CC(C)(C)OC(=O)NCCc1ccc(OCCC2Oc3ccccc3N(Cc3cccc(Cl)c3)C2O)cc1. The number of nitrogens with one attached hydrogen (secondary N) is 1. The standard InChI is InChI=1S/C30H35ClN2O5/c1-30(2,3)38-29(35)32-17-15-21-11-13-24(14-12-21)36-18-16-27-28(34)33(20-22-7-6-8-23(31)19-22)25-9-4-5-10-26(25)37-27/h4-14,19,27-28,34H,15-18,20H2,1-3H3,(H,32,35). The predicted molar refractivity (Wildman–Crippen MR) is 149 cm³/mol. The summed E-state index contributed by atoms with van der Waals surface area (Å²) in [6.07, 6.45) is -0.528. The zero-order valence-corrected chi connectivity index (χ0v) is 22.8. The van der Waals surface area contributed by atoms with Crippen LogP contribution >= 0.6 is 11.6 Å². The molecule has 1 amide bonds. The summed E-state index contributed by atoms with van der Waals surface area (Å²) in [5.74, 6) is 1.46. The monoisotopic (exact) mass is 538 g/mol. The molecule has 0 saturated carbocycles. The average molecular weight is 539 g/mol. The van der Waals surface area contributed by atoms with Crippen LogP contribution in [0.4, 0.5) is 10.5 Å². The highest BCUT2D eigenvalue weighted by Gasteiger charge is 2.34. The number of hydrogen-bond acceptors (Lipinski definition) is 6. The van der Waals surface area contributed by atoms with Gasteiger partial charge in [-0.15, -0.1) is 0 Å². The first-order chi connectivity index (χ1) is 18.2. The first-order valence-corrected chi connectivity index (χ1v) is 13.2. The second-order valence-electron chi connectivity index (χ2n) is 10.3. The van der Waals surface area contributed by atoms with Crippen LogP contribution in [0.2, 0.25) is 5.02 Å². The predicted octanol–water partition coefficient (Wildman–Crippen LogP) is 5.96. The molecule has 1 aliphatic heterocycles. The number of carbonyl (C=O) groups excluding carboxylic acids is 1. The first kappa shape index (κ1) is 27.6. The number of para-hydroxylation sites is 2. The fourth-order valence-corrected chi connectivity index (χ4v) is 4.46. The van der Waals surface area contributed by atoms with Gasteiger partial charge in [-0.3, -0.25) is 0 Å². The maximum absolute atomic E-state index is 11.8. The molecule has 0 saturated heterocycles. The normalized spacial score (nSPS) is 16.8. The Morgan fingerprint density at radius 3 is 2.55 bits per heavy atom. The van der Waals surface area contributed by atoms with Crippen LogP contribution in [0.15, 0.2) is 72.8 Å². The van der Waals surface area contributed by atoms with Crippen molar-refractivity contribution < 1.29 is 24.1 Å². The molecule has 4 rings (SSSR count). The molecule has 0 spiro atoms. The van der Waals surface area contributed by atoms with E-state index >= 15 is 0 Å². The molecule has 0 aliphatic carbocycles. The summed E-state index contributed by atoms with van der Waals surface area (Å²) in [5, 5.41) is 14.6. The first-order valence-electron chi connectivity index (χ1n) is 12.8. The maximum atomic E-state index is 11.8. The zero-order valence-electron chi connectivity index (χ0n) is 22.0. The Morgan fingerprint density at radius 2 is 1.82 bits per heavy atom. The van der Waals surface area contributed by atoms with E-state index in [2.05, 4.69) is 5.32 Å². The molecule has 0 aromatic heterocycles. The Hall–Kier alpha value is -3.42. The summed E-state index contributed by atoms with van der Waals surface area (Å²) in [6, 6.07) is 23.1. The largest absolute Gasteiger partial charge is 0.493 e. The van der Waals surface area contributed by atoms with Crippen molar-refractivity contribution in [1.29, 1.82) is 0 Å². The molecule has 1 heterocycles. The van der Waals surface area contributed by atoms with Crippen molar-refractivity contribution in [3.63, 3.8) is 0 Å². The van der Waals surface area contributed by atoms with Crippen molar-refractivity contribution in [2.75, 3.05) is 18.1 Å². The van der Waals surface area contributed by atoms with Crippen LogP contribution in [0.1, 0.15) is 38.3 Å². The molecule has 7 nitrogen and oxygen atoms in total. The molecule has 3 aromatic rings. The van der Waals surface area contributed by atoms with Crippen molar-refractivity contribution in [1.82, 2.24) is 5.32 Å². The van der Waals surface area contributed by atoms with Crippen LogP contribution in [-0.2, 0) is 17.7 Å². The van der Waals surface area contributed by atoms with Gasteiger partial charge in [-0.1, -0.05) is 48.0 Å². The zero-order chi connectivity index (χ0) is 27.1. The van der Waals surface area contributed by atoms with Gasteiger partial charge in [0.05, 0.1) is 12.3 Å². The quantitative estimate of drug-likeness (QED) is 0.350. The smallest absolute Gasteiger partial charge is 0.407 e. The van der Waals surface area contributed by atoms with Crippen LogP contribution in [0, 0.1) is 0 Å². The second-order valence-corrected chi connectivity index (χ2v) is 10.7. The van der Waals surface area contributed by atoms with Gasteiger partial charge in [0, 0.05) is 24.5 Å². The third-order valence-electron chi connectivity index (χ3n) is 6.02. The van der Waals surface area contributed by atoms with Gasteiger partial charge < -0.3 is 29.5 Å². The summed E-state index contributed by atoms with van der Waals surface area (Å²) in [5.41, 5.74) is 2.41. The number of carbonyl (C=O) groups is 1. The van der Waals surface area contributed by atoms with E-state index in [9.17, 15) is 9.90 Å². The number of aliphatic hydroxyl groups excluding tert-OH is 1. The number of aliphatic hydroxyl groups is 1. The number of benzene rings is 3. The van der Waals surface area contributed by atoms with Gasteiger partial charge in [0.25, 0.3) is 0 Å². The van der Waals surface area contributed by atoms with Crippen LogP contribution in [0.5, 0.6) is 11.5 Å². The van der Waals surface area contributed by atoms with Crippen LogP contribution in [0.25, 0.3) is 0 Å². The summed E-state index contributed by atoms with van der Waals surface area (Å²) < 4.78 is 17.3. The number of fused-ring (bicyclic) bond motifs is 1. The summed E-state index contributed by atoms with van der Waals surface area (Å²) in [6.45, 7) is 6.88. The van der Waals surface area contributed by atoms with Gasteiger partial charge in [0.15, 0.2) is 6.23 Å². The van der Waals surface area contributed by atoms with Crippen molar-refractivity contribution >= 4 is 23.4 Å². The Balaban J connectivity index is 1.29. The van der Waals surface area contributed by atoms with E-state index in [1.54, 1.807) is 0 Å². The molecule has 2 N–H and O–H groups in total. The molecule has 0 fully saturated rings. The summed E-state index contributed by atoms with van der Waals surface area (Å²) >= 11 is 6.18. The Labute approximate surface area is 229 Å². The number of nitrogens with zero attached hydrogens (tertiary/aromatic N) is 1. The fraction of sp³-hybridized carbons (Fsp3) is 0.367. The number of amides is 1. The van der Waals surface area contributed by atoms with Crippen LogP contribution in [0.3, 0.4) is 0 Å². The molecular weight excluding hydrogens is 504 g/mol. The Kier molecular flexibility index (Phi) is 9.02. The van der Waals surface area contributed by atoms with Gasteiger partial charge >= 0.3 is 6.09 Å².